The van der Waals surface area contributed by atoms with E-state index in [1.807, 2.05) is 13.8 Å². The normalized spacial score (nSPS) is 16.5. The number of aliphatic hydroxyl groups is 1. The van der Waals surface area contributed by atoms with Crippen LogP contribution in [0.1, 0.15) is 48.0 Å². The summed E-state index contributed by atoms with van der Waals surface area (Å²) in [6.07, 6.45) is -0.189. The van der Waals surface area contributed by atoms with Gasteiger partial charge in [-0.3, -0.25) is 4.79 Å². The van der Waals surface area contributed by atoms with Gasteiger partial charge in [0.15, 0.2) is 6.29 Å². The van der Waals surface area contributed by atoms with E-state index in [1.54, 1.807) is 6.92 Å². The van der Waals surface area contributed by atoms with E-state index in [4.69, 9.17) is 4.74 Å². The van der Waals surface area contributed by atoms with Crippen LogP contribution < -0.4 is 5.32 Å². The van der Waals surface area contributed by atoms with Crippen LogP contribution in [-0.2, 0) is 9.53 Å². The molecule has 0 fully saturated rings. The molecule has 0 bridgehead atoms. The number of ether oxygens (including phenoxy) is 1. The maximum Gasteiger partial charge on any atom is 0.226 e. The van der Waals surface area contributed by atoms with Crippen molar-refractivity contribution in [2.45, 2.75) is 60.3 Å². The number of amides is 1. The summed E-state index contributed by atoms with van der Waals surface area (Å²) in [6.45, 7) is 11.9. The Morgan fingerprint density at radius 2 is 1.76 bits per heavy atom. The fraction of sp³-hybridized carbons (Fsp3) is 0.923. The summed E-state index contributed by atoms with van der Waals surface area (Å²) in [4.78, 5) is 12.1. The van der Waals surface area contributed by atoms with Gasteiger partial charge in [-0.1, -0.05) is 34.6 Å². The molecule has 0 heterocycles. The van der Waals surface area contributed by atoms with E-state index in [-0.39, 0.29) is 11.3 Å². The van der Waals surface area contributed by atoms with Crippen molar-refractivity contribution >= 4 is 5.91 Å². The van der Waals surface area contributed by atoms with Gasteiger partial charge >= 0.3 is 0 Å². The molecule has 4 nitrogen and oxygen atoms in total. The van der Waals surface area contributed by atoms with Gasteiger partial charge in [-0.25, -0.2) is 0 Å². The molecule has 0 rings (SSSR count). The van der Waals surface area contributed by atoms with Crippen LogP contribution in [0.4, 0.5) is 0 Å². The summed E-state index contributed by atoms with van der Waals surface area (Å²) >= 11 is 0. The molecule has 2 atom stereocenters. The van der Waals surface area contributed by atoms with Crippen molar-refractivity contribution in [3.8, 4) is 0 Å². The van der Waals surface area contributed by atoms with E-state index in [2.05, 4.69) is 26.1 Å². The average Bonchev–Trinajstić information content (AvgIpc) is 2.12. The fourth-order valence-corrected chi connectivity index (χ4v) is 2.08. The molecule has 0 aliphatic carbocycles. The van der Waals surface area contributed by atoms with E-state index < -0.39 is 17.7 Å². The second kappa shape index (κ2) is 5.83. The van der Waals surface area contributed by atoms with E-state index in [9.17, 15) is 9.90 Å². The molecule has 0 saturated heterocycles. The molecule has 0 spiro atoms. The monoisotopic (exact) mass is 245 g/mol. The molecule has 0 aliphatic rings. The maximum atomic E-state index is 12.1. The topological polar surface area (TPSA) is 58.6 Å². The van der Waals surface area contributed by atoms with Crippen LogP contribution in [0.3, 0.4) is 0 Å². The minimum absolute atomic E-state index is 0.0592. The third-order valence-corrected chi connectivity index (χ3v) is 2.61. The molecule has 0 aromatic rings. The largest absolute Gasteiger partial charge is 0.366 e. The molecular weight excluding hydrogens is 218 g/mol. The second-order valence-corrected chi connectivity index (χ2v) is 6.51. The summed E-state index contributed by atoms with van der Waals surface area (Å²) < 4.78 is 4.77. The van der Waals surface area contributed by atoms with Gasteiger partial charge in [0.2, 0.25) is 5.91 Å². The predicted octanol–water partition coefficient (Wildman–Crippen LogP) is 1.92. The average molecular weight is 245 g/mol. The predicted molar refractivity (Wildman–Crippen MR) is 68.5 cm³/mol. The second-order valence-electron chi connectivity index (χ2n) is 6.51. The smallest absolute Gasteiger partial charge is 0.226 e. The van der Waals surface area contributed by atoms with Gasteiger partial charge in [0.1, 0.15) is 0 Å². The number of methoxy groups -OCH3 is 1. The zero-order chi connectivity index (χ0) is 13.9. The van der Waals surface area contributed by atoms with Crippen LogP contribution in [0.15, 0.2) is 0 Å². The standard InChI is InChI=1S/C13H27NO3/c1-9(10(15)17-7)14-11(16)13(5,6)8-12(2,3)4/h9-10,15H,8H2,1-7H3,(H,14,16). The fourth-order valence-electron chi connectivity index (χ4n) is 2.08. The van der Waals surface area contributed by atoms with Crippen LogP contribution in [-0.4, -0.2) is 30.5 Å². The van der Waals surface area contributed by atoms with Crippen LogP contribution in [0, 0.1) is 10.8 Å². The molecule has 0 saturated carbocycles. The molecule has 17 heavy (non-hydrogen) atoms. The van der Waals surface area contributed by atoms with Gasteiger partial charge in [0, 0.05) is 12.5 Å². The Morgan fingerprint density at radius 1 is 1.29 bits per heavy atom. The van der Waals surface area contributed by atoms with Crippen molar-refractivity contribution < 1.29 is 14.6 Å². The van der Waals surface area contributed by atoms with Crippen molar-refractivity contribution in [3.05, 3.63) is 0 Å². The zero-order valence-electron chi connectivity index (χ0n) is 12.1. The van der Waals surface area contributed by atoms with Gasteiger partial charge in [-0.05, 0) is 18.8 Å². The molecule has 2 unspecified atom stereocenters. The van der Waals surface area contributed by atoms with Crippen LogP contribution in [0.5, 0.6) is 0 Å². The Kier molecular flexibility index (Phi) is 5.62. The Balaban J connectivity index is 4.49. The molecule has 102 valence electrons. The van der Waals surface area contributed by atoms with Crippen molar-refractivity contribution in [1.29, 1.82) is 0 Å². The minimum Gasteiger partial charge on any atom is -0.366 e. The van der Waals surface area contributed by atoms with E-state index >= 15 is 0 Å². The molecule has 0 aromatic heterocycles. The molecule has 2 N–H and O–H groups in total. The van der Waals surface area contributed by atoms with Gasteiger partial charge in [0.25, 0.3) is 0 Å². The number of carbonyl (C=O) groups excluding carboxylic acids is 1. The highest BCUT2D eigenvalue weighted by atomic mass is 16.6. The summed E-state index contributed by atoms with van der Waals surface area (Å²) in [6, 6.07) is -0.410. The van der Waals surface area contributed by atoms with Gasteiger partial charge in [-0.2, -0.15) is 0 Å². The van der Waals surface area contributed by atoms with Crippen molar-refractivity contribution in [3.63, 3.8) is 0 Å². The van der Waals surface area contributed by atoms with E-state index in [1.165, 1.54) is 7.11 Å². The highest BCUT2D eigenvalue weighted by Crippen LogP contribution is 2.33. The highest BCUT2D eigenvalue weighted by Gasteiger charge is 2.33. The molecular formula is C13H27NO3. The Morgan fingerprint density at radius 3 is 2.12 bits per heavy atom. The number of rotatable bonds is 5. The van der Waals surface area contributed by atoms with Crippen LogP contribution in [0.2, 0.25) is 0 Å². The van der Waals surface area contributed by atoms with Crippen molar-refractivity contribution in [2.75, 3.05) is 7.11 Å². The first-order chi connectivity index (χ1) is 7.49. The zero-order valence-corrected chi connectivity index (χ0v) is 12.1. The Labute approximate surface area is 105 Å². The number of aliphatic hydroxyl groups excluding tert-OH is 1. The van der Waals surface area contributed by atoms with E-state index in [0.717, 1.165) is 6.42 Å². The Hall–Kier alpha value is -0.610. The summed E-state index contributed by atoms with van der Waals surface area (Å²) in [5.41, 5.74) is -0.371. The van der Waals surface area contributed by atoms with Gasteiger partial charge in [0.05, 0.1) is 6.04 Å². The SMILES string of the molecule is COC(O)C(C)NC(=O)C(C)(C)CC(C)(C)C. The summed E-state index contributed by atoms with van der Waals surface area (Å²) in [7, 11) is 1.41. The summed E-state index contributed by atoms with van der Waals surface area (Å²) in [5.74, 6) is -0.0592. The van der Waals surface area contributed by atoms with E-state index in [0.29, 0.717) is 0 Å². The van der Waals surface area contributed by atoms with Crippen LogP contribution >= 0.6 is 0 Å². The number of hydrogen-bond acceptors (Lipinski definition) is 3. The molecule has 0 radical (unpaired) electrons. The van der Waals surface area contributed by atoms with Gasteiger partial charge in [-0.15, -0.1) is 0 Å². The third-order valence-electron chi connectivity index (χ3n) is 2.61. The van der Waals surface area contributed by atoms with Gasteiger partial charge < -0.3 is 15.2 Å². The van der Waals surface area contributed by atoms with Crippen LogP contribution in [0.25, 0.3) is 0 Å². The number of nitrogens with one attached hydrogen (secondary N) is 1. The molecule has 0 aliphatic heterocycles. The molecule has 1 amide bonds. The lowest BCUT2D eigenvalue weighted by molar-refractivity contribution is -0.138. The lowest BCUT2D eigenvalue weighted by Gasteiger charge is -2.32. The Bertz CT molecular complexity index is 256. The third kappa shape index (κ3) is 6.03. The molecule has 4 heteroatoms. The highest BCUT2D eigenvalue weighted by molar-refractivity contribution is 5.82. The first-order valence-corrected chi connectivity index (χ1v) is 6.01. The van der Waals surface area contributed by atoms with Crippen molar-refractivity contribution in [2.24, 2.45) is 10.8 Å². The maximum absolute atomic E-state index is 12.1. The first kappa shape index (κ1) is 16.4. The number of hydrogen-bond donors (Lipinski definition) is 2. The minimum atomic E-state index is -0.968. The number of carbonyl (C=O) groups is 1. The van der Waals surface area contributed by atoms with Crippen molar-refractivity contribution in [1.82, 2.24) is 5.32 Å². The summed E-state index contributed by atoms with van der Waals surface area (Å²) in [5, 5.41) is 12.2. The lowest BCUT2D eigenvalue weighted by atomic mass is 9.75. The lowest BCUT2D eigenvalue weighted by Crippen LogP contribution is -2.48. The first-order valence-electron chi connectivity index (χ1n) is 6.01. The molecule has 0 aromatic carbocycles. The quantitative estimate of drug-likeness (QED) is 0.728.